The molecule has 98 valence electrons. The molecule has 1 atom stereocenters. The molecule has 1 aromatic rings. The largest absolute Gasteiger partial charge is 0.314 e. The van der Waals surface area contributed by atoms with Gasteiger partial charge in [0.15, 0.2) is 5.78 Å². The second-order valence-corrected chi connectivity index (χ2v) is 5.65. The Kier molecular flexibility index (Phi) is 4.92. The molecule has 3 nitrogen and oxygen atoms in total. The summed E-state index contributed by atoms with van der Waals surface area (Å²) in [5.74, 6) is 0.266. The van der Waals surface area contributed by atoms with Crippen molar-refractivity contribution in [1.82, 2.24) is 10.2 Å². The average Bonchev–Trinajstić information content (AvgIpc) is 2.39. The van der Waals surface area contributed by atoms with Crippen molar-refractivity contribution in [2.45, 2.75) is 6.92 Å². The predicted octanol–water partition coefficient (Wildman–Crippen LogP) is 2.17. The first-order valence-electron chi connectivity index (χ1n) is 6.40. The molecule has 18 heavy (non-hydrogen) atoms. The van der Waals surface area contributed by atoms with Gasteiger partial charge in [-0.05, 0) is 6.07 Å². The molecule has 0 aromatic heterocycles. The molecule has 1 aliphatic rings. The van der Waals surface area contributed by atoms with Gasteiger partial charge in [0, 0.05) is 48.7 Å². The quantitative estimate of drug-likeness (QED) is 0.865. The molecule has 1 fully saturated rings. The van der Waals surface area contributed by atoms with Crippen molar-refractivity contribution in [2.75, 3.05) is 32.7 Å². The van der Waals surface area contributed by atoms with Crippen LogP contribution in [0, 0.1) is 5.92 Å². The second kappa shape index (κ2) is 6.45. The van der Waals surface area contributed by atoms with Crippen LogP contribution in [0.25, 0.3) is 0 Å². The molecule has 0 spiro atoms. The zero-order valence-electron chi connectivity index (χ0n) is 10.7. The summed E-state index contributed by atoms with van der Waals surface area (Å²) in [6.45, 7) is 6.98. The summed E-state index contributed by atoms with van der Waals surface area (Å²) in [7, 11) is 0. The van der Waals surface area contributed by atoms with E-state index in [2.05, 4.69) is 26.1 Å². The molecule has 4 heteroatoms. The summed E-state index contributed by atoms with van der Waals surface area (Å²) in [6, 6.07) is 7.66. The Hall–Kier alpha value is -0.710. The maximum absolute atomic E-state index is 12.4. The molecule has 0 saturated carbocycles. The standard InChI is InChI=1S/C14H19BrN2O/c1-11(10-17-8-6-16-7-9-17)14(18)12-4-2-3-5-13(12)15/h2-5,11,16H,6-10H2,1H3. The molecule has 0 amide bonds. The van der Waals surface area contributed by atoms with Crippen LogP contribution in [0.2, 0.25) is 0 Å². The maximum atomic E-state index is 12.4. The number of nitrogens with one attached hydrogen (secondary N) is 1. The average molecular weight is 311 g/mol. The number of hydrogen-bond acceptors (Lipinski definition) is 3. The fourth-order valence-electron chi connectivity index (χ4n) is 2.29. The first-order chi connectivity index (χ1) is 8.68. The van der Waals surface area contributed by atoms with E-state index in [1.54, 1.807) is 0 Å². The van der Waals surface area contributed by atoms with Gasteiger partial charge in [-0.1, -0.05) is 41.1 Å². The van der Waals surface area contributed by atoms with Gasteiger partial charge in [0.2, 0.25) is 0 Å². The zero-order valence-corrected chi connectivity index (χ0v) is 12.2. The number of ketones is 1. The van der Waals surface area contributed by atoms with Crippen LogP contribution in [-0.2, 0) is 0 Å². The van der Waals surface area contributed by atoms with Crippen LogP contribution >= 0.6 is 15.9 Å². The summed E-state index contributed by atoms with van der Waals surface area (Å²) in [4.78, 5) is 14.7. The lowest BCUT2D eigenvalue weighted by atomic mass is 9.98. The Labute approximate surface area is 117 Å². The van der Waals surface area contributed by atoms with Gasteiger partial charge in [0.25, 0.3) is 0 Å². The van der Waals surface area contributed by atoms with Crippen molar-refractivity contribution in [3.8, 4) is 0 Å². The lowest BCUT2D eigenvalue weighted by Crippen LogP contribution is -2.45. The molecule has 0 aliphatic carbocycles. The van der Waals surface area contributed by atoms with Crippen molar-refractivity contribution in [1.29, 1.82) is 0 Å². The number of benzene rings is 1. The highest BCUT2D eigenvalue weighted by atomic mass is 79.9. The van der Waals surface area contributed by atoms with Crippen LogP contribution in [0.1, 0.15) is 17.3 Å². The van der Waals surface area contributed by atoms with Gasteiger partial charge in [0.1, 0.15) is 0 Å². The van der Waals surface area contributed by atoms with Crippen LogP contribution < -0.4 is 5.32 Å². The van der Waals surface area contributed by atoms with Crippen LogP contribution in [-0.4, -0.2) is 43.4 Å². The monoisotopic (exact) mass is 310 g/mol. The highest BCUT2D eigenvalue weighted by Crippen LogP contribution is 2.20. The maximum Gasteiger partial charge on any atom is 0.168 e. The van der Waals surface area contributed by atoms with E-state index < -0.39 is 0 Å². The molecule has 1 aliphatic heterocycles. The minimum Gasteiger partial charge on any atom is -0.314 e. The molecule has 0 bridgehead atoms. The van der Waals surface area contributed by atoms with Crippen molar-refractivity contribution in [3.63, 3.8) is 0 Å². The third-order valence-electron chi connectivity index (χ3n) is 3.33. The lowest BCUT2D eigenvalue weighted by Gasteiger charge is -2.29. The van der Waals surface area contributed by atoms with E-state index in [0.717, 1.165) is 42.8 Å². The smallest absolute Gasteiger partial charge is 0.168 e. The van der Waals surface area contributed by atoms with Gasteiger partial charge < -0.3 is 10.2 Å². The Morgan fingerprint density at radius 1 is 1.39 bits per heavy atom. The Bertz CT molecular complexity index is 416. The van der Waals surface area contributed by atoms with Gasteiger partial charge in [-0.3, -0.25) is 4.79 Å². The van der Waals surface area contributed by atoms with Crippen molar-refractivity contribution in [3.05, 3.63) is 34.3 Å². The number of hydrogen-bond donors (Lipinski definition) is 1. The minimum atomic E-state index is 0.0433. The van der Waals surface area contributed by atoms with Crippen molar-refractivity contribution >= 4 is 21.7 Å². The molecule has 2 rings (SSSR count). The van der Waals surface area contributed by atoms with Crippen LogP contribution in [0.5, 0.6) is 0 Å². The van der Waals surface area contributed by atoms with Crippen molar-refractivity contribution in [2.24, 2.45) is 5.92 Å². The number of halogens is 1. The molecule has 1 N–H and O–H groups in total. The minimum absolute atomic E-state index is 0.0433. The zero-order chi connectivity index (χ0) is 13.0. The lowest BCUT2D eigenvalue weighted by molar-refractivity contribution is 0.0886. The third kappa shape index (κ3) is 3.40. The molecule has 1 unspecified atom stereocenters. The molecule has 1 heterocycles. The number of nitrogens with zero attached hydrogens (tertiary/aromatic N) is 1. The van der Waals surface area contributed by atoms with Gasteiger partial charge >= 0.3 is 0 Å². The van der Waals surface area contributed by atoms with E-state index >= 15 is 0 Å². The van der Waals surface area contributed by atoms with E-state index in [-0.39, 0.29) is 11.7 Å². The third-order valence-corrected chi connectivity index (χ3v) is 4.02. The van der Waals surface area contributed by atoms with Gasteiger partial charge in [0.05, 0.1) is 0 Å². The van der Waals surface area contributed by atoms with E-state index in [4.69, 9.17) is 0 Å². The summed E-state index contributed by atoms with van der Waals surface area (Å²) in [5, 5.41) is 3.32. The SMILES string of the molecule is CC(CN1CCNCC1)C(=O)c1ccccc1Br. The summed E-state index contributed by atoms with van der Waals surface area (Å²) >= 11 is 3.45. The molecule has 1 aromatic carbocycles. The van der Waals surface area contributed by atoms with Crippen LogP contribution in [0.15, 0.2) is 28.7 Å². The Morgan fingerprint density at radius 2 is 2.06 bits per heavy atom. The fraction of sp³-hybridized carbons (Fsp3) is 0.500. The Balaban J connectivity index is 1.98. The predicted molar refractivity (Wildman–Crippen MR) is 76.9 cm³/mol. The number of Topliss-reactive ketones (excluding diaryl/α,β-unsaturated/α-hetero) is 1. The van der Waals surface area contributed by atoms with Crippen molar-refractivity contribution < 1.29 is 4.79 Å². The van der Waals surface area contributed by atoms with E-state index in [1.807, 2.05) is 31.2 Å². The normalized spacial score (nSPS) is 18.6. The number of rotatable bonds is 4. The first-order valence-corrected chi connectivity index (χ1v) is 7.19. The molecular weight excluding hydrogens is 292 g/mol. The van der Waals surface area contributed by atoms with E-state index in [9.17, 15) is 4.79 Å². The molecule has 1 saturated heterocycles. The number of carbonyl (C=O) groups is 1. The number of carbonyl (C=O) groups excluding carboxylic acids is 1. The summed E-state index contributed by atoms with van der Waals surface area (Å²) < 4.78 is 0.891. The van der Waals surface area contributed by atoms with Crippen LogP contribution in [0.3, 0.4) is 0 Å². The molecular formula is C14H19BrN2O. The highest BCUT2D eigenvalue weighted by molar-refractivity contribution is 9.10. The van der Waals surface area contributed by atoms with E-state index in [1.165, 1.54) is 0 Å². The van der Waals surface area contributed by atoms with Crippen LogP contribution in [0.4, 0.5) is 0 Å². The second-order valence-electron chi connectivity index (χ2n) is 4.80. The number of piperazine rings is 1. The van der Waals surface area contributed by atoms with E-state index in [0.29, 0.717) is 0 Å². The molecule has 0 radical (unpaired) electrons. The Morgan fingerprint density at radius 3 is 2.72 bits per heavy atom. The first kappa shape index (κ1) is 13.7. The van der Waals surface area contributed by atoms with Gasteiger partial charge in [-0.15, -0.1) is 0 Å². The van der Waals surface area contributed by atoms with Gasteiger partial charge in [-0.2, -0.15) is 0 Å². The fourth-order valence-corrected chi connectivity index (χ4v) is 2.77. The summed E-state index contributed by atoms with van der Waals surface area (Å²) in [5.41, 5.74) is 0.792. The summed E-state index contributed by atoms with van der Waals surface area (Å²) in [6.07, 6.45) is 0. The van der Waals surface area contributed by atoms with Gasteiger partial charge in [-0.25, -0.2) is 0 Å². The topological polar surface area (TPSA) is 32.3 Å². The highest BCUT2D eigenvalue weighted by Gasteiger charge is 2.20.